The minimum Gasteiger partial charge on any atom is -0.355 e. The van der Waals surface area contributed by atoms with Crippen molar-refractivity contribution in [1.82, 2.24) is 5.32 Å². The third-order valence-corrected chi connectivity index (χ3v) is 4.09. The van der Waals surface area contributed by atoms with Gasteiger partial charge in [-0.05, 0) is 31.4 Å². The molecule has 1 N–H and O–H groups in total. The van der Waals surface area contributed by atoms with Gasteiger partial charge in [0.1, 0.15) is 0 Å². The maximum absolute atomic E-state index is 11.9. The molecule has 1 amide bonds. The van der Waals surface area contributed by atoms with Gasteiger partial charge in [0.2, 0.25) is 5.91 Å². The van der Waals surface area contributed by atoms with Crippen LogP contribution in [0.15, 0.2) is 24.3 Å². The summed E-state index contributed by atoms with van der Waals surface area (Å²) in [6.45, 7) is 4.45. The van der Waals surface area contributed by atoms with Crippen LogP contribution in [0, 0.1) is 5.41 Å². The standard InChI is InChI=1S/C14H18ClNO/c1-14(2,9-15)13(17)16-8-11-7-10-5-3-4-6-12(10)11/h3-6,11H,7-9H2,1-2H3,(H,16,17). The molecule has 3 heteroatoms. The molecule has 0 heterocycles. The van der Waals surface area contributed by atoms with Gasteiger partial charge >= 0.3 is 0 Å². The van der Waals surface area contributed by atoms with Gasteiger partial charge in [-0.25, -0.2) is 0 Å². The molecule has 2 rings (SSSR count). The zero-order valence-electron chi connectivity index (χ0n) is 10.3. The Hall–Kier alpha value is -1.02. The van der Waals surface area contributed by atoms with Gasteiger partial charge in [-0.15, -0.1) is 11.6 Å². The van der Waals surface area contributed by atoms with Crippen molar-refractivity contribution in [2.24, 2.45) is 5.41 Å². The Balaban J connectivity index is 1.88. The molecule has 0 saturated heterocycles. The minimum absolute atomic E-state index is 0.0388. The Bertz CT molecular complexity index is 428. The van der Waals surface area contributed by atoms with Gasteiger partial charge in [-0.1, -0.05) is 24.3 Å². The summed E-state index contributed by atoms with van der Waals surface area (Å²) >= 11 is 5.77. The summed E-state index contributed by atoms with van der Waals surface area (Å²) < 4.78 is 0. The first-order valence-electron chi connectivity index (χ1n) is 5.96. The molecule has 2 nitrogen and oxygen atoms in total. The highest BCUT2D eigenvalue weighted by atomic mass is 35.5. The van der Waals surface area contributed by atoms with Crippen LogP contribution < -0.4 is 5.32 Å². The second kappa shape index (κ2) is 4.69. The zero-order chi connectivity index (χ0) is 12.5. The molecule has 1 atom stereocenters. The number of nitrogens with one attached hydrogen (secondary N) is 1. The number of carbonyl (C=O) groups excluding carboxylic acids is 1. The van der Waals surface area contributed by atoms with Gasteiger partial charge in [0.05, 0.1) is 5.41 Å². The molecule has 1 unspecified atom stereocenters. The summed E-state index contributed by atoms with van der Waals surface area (Å²) in [6.07, 6.45) is 1.07. The van der Waals surface area contributed by atoms with E-state index < -0.39 is 5.41 Å². The zero-order valence-corrected chi connectivity index (χ0v) is 11.1. The van der Waals surface area contributed by atoms with E-state index in [4.69, 9.17) is 11.6 Å². The lowest BCUT2D eigenvalue weighted by atomic mass is 9.77. The Morgan fingerprint density at radius 1 is 1.47 bits per heavy atom. The highest BCUT2D eigenvalue weighted by Crippen LogP contribution is 2.34. The molecule has 1 aliphatic carbocycles. The van der Waals surface area contributed by atoms with E-state index in [0.717, 1.165) is 13.0 Å². The number of amides is 1. The average Bonchev–Trinajstić information content (AvgIpc) is 2.30. The number of rotatable bonds is 4. The molecule has 0 saturated carbocycles. The largest absolute Gasteiger partial charge is 0.355 e. The van der Waals surface area contributed by atoms with E-state index >= 15 is 0 Å². The van der Waals surface area contributed by atoms with Crippen LogP contribution in [0.1, 0.15) is 30.9 Å². The van der Waals surface area contributed by atoms with Crippen LogP contribution in [0.2, 0.25) is 0 Å². The van der Waals surface area contributed by atoms with E-state index in [1.54, 1.807) is 0 Å². The fourth-order valence-electron chi connectivity index (χ4n) is 2.06. The van der Waals surface area contributed by atoms with Crippen LogP contribution >= 0.6 is 11.6 Å². The summed E-state index contributed by atoms with van der Waals surface area (Å²) in [4.78, 5) is 11.9. The lowest BCUT2D eigenvalue weighted by molar-refractivity contribution is -0.128. The lowest BCUT2D eigenvalue weighted by Crippen LogP contribution is -2.41. The SMILES string of the molecule is CC(C)(CCl)C(=O)NCC1Cc2ccccc21. The maximum Gasteiger partial charge on any atom is 0.226 e. The maximum atomic E-state index is 11.9. The molecular weight excluding hydrogens is 234 g/mol. The Morgan fingerprint density at radius 3 is 2.82 bits per heavy atom. The first kappa shape index (κ1) is 12.4. The monoisotopic (exact) mass is 251 g/mol. The molecule has 1 aromatic carbocycles. The molecule has 17 heavy (non-hydrogen) atoms. The highest BCUT2D eigenvalue weighted by Gasteiger charge is 2.29. The second-order valence-corrected chi connectivity index (χ2v) is 5.59. The smallest absolute Gasteiger partial charge is 0.226 e. The van der Waals surface area contributed by atoms with Crippen LogP contribution in [0.4, 0.5) is 0 Å². The molecule has 0 fully saturated rings. The predicted molar refractivity (Wildman–Crippen MR) is 70.4 cm³/mol. The summed E-state index contributed by atoms with van der Waals surface area (Å²) in [7, 11) is 0. The van der Waals surface area contributed by atoms with E-state index in [-0.39, 0.29) is 5.91 Å². The second-order valence-electron chi connectivity index (χ2n) is 5.33. The van der Waals surface area contributed by atoms with Crippen molar-refractivity contribution >= 4 is 17.5 Å². The molecule has 0 aromatic heterocycles. The summed E-state index contributed by atoms with van der Waals surface area (Å²) in [5, 5.41) is 2.99. The molecule has 0 aliphatic heterocycles. The molecular formula is C14H18ClNO. The van der Waals surface area contributed by atoms with Crippen LogP contribution in [0.3, 0.4) is 0 Å². The molecule has 1 aromatic rings. The average molecular weight is 252 g/mol. The quantitative estimate of drug-likeness (QED) is 0.820. The number of benzene rings is 1. The summed E-state index contributed by atoms with van der Waals surface area (Å²) in [5.41, 5.74) is 2.30. The molecule has 1 aliphatic rings. The van der Waals surface area contributed by atoms with E-state index in [9.17, 15) is 4.79 Å². The fraction of sp³-hybridized carbons (Fsp3) is 0.500. The van der Waals surface area contributed by atoms with Crippen LogP contribution in [0.5, 0.6) is 0 Å². The summed E-state index contributed by atoms with van der Waals surface area (Å²) in [6, 6.07) is 8.40. The first-order valence-corrected chi connectivity index (χ1v) is 6.50. The molecule has 0 radical (unpaired) electrons. The summed E-state index contributed by atoms with van der Waals surface area (Å²) in [5.74, 6) is 0.859. The van der Waals surface area contributed by atoms with Gasteiger partial charge in [0, 0.05) is 18.3 Å². The number of halogens is 1. The van der Waals surface area contributed by atoms with Crippen LogP contribution in [-0.4, -0.2) is 18.3 Å². The van der Waals surface area contributed by atoms with Crippen molar-refractivity contribution in [2.75, 3.05) is 12.4 Å². The molecule has 0 spiro atoms. The normalized spacial score (nSPS) is 18.2. The van der Waals surface area contributed by atoms with Crippen LogP contribution in [-0.2, 0) is 11.2 Å². The first-order chi connectivity index (χ1) is 8.04. The number of hydrogen-bond donors (Lipinski definition) is 1. The van der Waals surface area contributed by atoms with E-state index in [1.165, 1.54) is 11.1 Å². The van der Waals surface area contributed by atoms with Gasteiger partial charge in [-0.2, -0.15) is 0 Å². The van der Waals surface area contributed by atoms with Gasteiger partial charge in [0.15, 0.2) is 0 Å². The minimum atomic E-state index is -0.481. The highest BCUT2D eigenvalue weighted by molar-refractivity contribution is 6.19. The molecule has 0 bridgehead atoms. The number of alkyl halides is 1. The van der Waals surface area contributed by atoms with E-state index in [0.29, 0.717) is 11.8 Å². The van der Waals surface area contributed by atoms with Crippen molar-refractivity contribution < 1.29 is 4.79 Å². The van der Waals surface area contributed by atoms with Crippen molar-refractivity contribution in [3.63, 3.8) is 0 Å². The predicted octanol–water partition coefficient (Wildman–Crippen LogP) is 2.71. The van der Waals surface area contributed by atoms with Crippen LogP contribution in [0.25, 0.3) is 0 Å². The molecule has 92 valence electrons. The van der Waals surface area contributed by atoms with Crippen molar-refractivity contribution in [3.8, 4) is 0 Å². The van der Waals surface area contributed by atoms with Crippen molar-refractivity contribution in [1.29, 1.82) is 0 Å². The Labute approximate surface area is 107 Å². The fourth-order valence-corrected chi connectivity index (χ4v) is 2.18. The Kier molecular flexibility index (Phi) is 3.43. The number of hydrogen-bond acceptors (Lipinski definition) is 1. The van der Waals surface area contributed by atoms with Gasteiger partial charge < -0.3 is 5.32 Å². The van der Waals surface area contributed by atoms with E-state index in [2.05, 4.69) is 29.6 Å². The lowest BCUT2D eigenvalue weighted by Gasteiger charge is -2.31. The van der Waals surface area contributed by atoms with Crippen molar-refractivity contribution in [3.05, 3.63) is 35.4 Å². The van der Waals surface area contributed by atoms with Gasteiger partial charge in [0.25, 0.3) is 0 Å². The number of fused-ring (bicyclic) bond motifs is 1. The number of carbonyl (C=O) groups is 1. The topological polar surface area (TPSA) is 29.1 Å². The van der Waals surface area contributed by atoms with Crippen molar-refractivity contribution in [2.45, 2.75) is 26.2 Å². The third kappa shape index (κ3) is 2.47. The van der Waals surface area contributed by atoms with E-state index in [1.807, 2.05) is 13.8 Å². The third-order valence-electron chi connectivity index (χ3n) is 3.42. The van der Waals surface area contributed by atoms with Gasteiger partial charge in [-0.3, -0.25) is 4.79 Å². The Morgan fingerprint density at radius 2 is 2.18 bits per heavy atom.